The molecule has 1 heterocycles. The first-order valence-electron chi connectivity index (χ1n) is 8.77. The Morgan fingerprint density at radius 2 is 2.00 bits per heavy atom. The van der Waals surface area contributed by atoms with E-state index in [4.69, 9.17) is 26.4 Å². The molecule has 0 aromatic heterocycles. The lowest BCUT2D eigenvalue weighted by molar-refractivity contribution is -0.136. The lowest BCUT2D eigenvalue weighted by Crippen LogP contribution is -2.45. The fourth-order valence-corrected chi connectivity index (χ4v) is 3.01. The van der Waals surface area contributed by atoms with E-state index in [1.807, 2.05) is 25.1 Å². The van der Waals surface area contributed by atoms with Crippen LogP contribution in [0.15, 0.2) is 29.5 Å². The van der Waals surface area contributed by atoms with Crippen LogP contribution in [0.25, 0.3) is 0 Å². The molecule has 0 fully saturated rings. The standard InChI is InChI=1S/C19H26N2O4S/c1-5-7-10-25-14-9-8-13(11-15(14)24-6-2)17-16(18(22)23-4)12(3)20-19(26)21-17/h8-9,11,17H,5-7,10H2,1-4H3,(H2,20,21,26)/t17-/m0/s1. The second-order valence-corrected chi connectivity index (χ2v) is 6.31. The van der Waals surface area contributed by atoms with Crippen LogP contribution in [0, 0.1) is 0 Å². The van der Waals surface area contributed by atoms with Crippen LogP contribution in [-0.4, -0.2) is 31.4 Å². The lowest BCUT2D eigenvalue weighted by atomic mass is 9.95. The van der Waals surface area contributed by atoms with Gasteiger partial charge in [-0.25, -0.2) is 4.79 Å². The van der Waals surface area contributed by atoms with E-state index in [2.05, 4.69) is 17.6 Å². The van der Waals surface area contributed by atoms with Crippen LogP contribution in [0.5, 0.6) is 11.5 Å². The van der Waals surface area contributed by atoms with Gasteiger partial charge in [-0.15, -0.1) is 0 Å². The molecule has 142 valence electrons. The molecular formula is C19H26N2O4S. The number of allylic oxidation sites excluding steroid dienone is 1. The van der Waals surface area contributed by atoms with E-state index in [0.717, 1.165) is 18.4 Å². The van der Waals surface area contributed by atoms with E-state index in [1.54, 1.807) is 6.92 Å². The molecule has 1 aliphatic heterocycles. The van der Waals surface area contributed by atoms with Crippen molar-refractivity contribution in [2.75, 3.05) is 20.3 Å². The summed E-state index contributed by atoms with van der Waals surface area (Å²) in [5.41, 5.74) is 2.01. The molecular weight excluding hydrogens is 352 g/mol. The van der Waals surface area contributed by atoms with Crippen molar-refractivity contribution in [2.45, 2.75) is 39.7 Å². The number of hydrogen-bond acceptors (Lipinski definition) is 5. The zero-order chi connectivity index (χ0) is 19.1. The minimum atomic E-state index is -0.417. The second kappa shape index (κ2) is 9.43. The third kappa shape index (κ3) is 4.66. The van der Waals surface area contributed by atoms with Crippen LogP contribution in [0.3, 0.4) is 0 Å². The fourth-order valence-electron chi connectivity index (χ4n) is 2.74. The zero-order valence-electron chi connectivity index (χ0n) is 15.7. The zero-order valence-corrected chi connectivity index (χ0v) is 16.5. The average Bonchev–Trinajstić information content (AvgIpc) is 2.62. The maximum Gasteiger partial charge on any atom is 0.337 e. The Hall–Kier alpha value is -2.28. The number of ether oxygens (including phenoxy) is 3. The van der Waals surface area contributed by atoms with Gasteiger partial charge >= 0.3 is 5.97 Å². The van der Waals surface area contributed by atoms with Gasteiger partial charge in [-0.2, -0.15) is 0 Å². The summed E-state index contributed by atoms with van der Waals surface area (Å²) in [7, 11) is 1.36. The van der Waals surface area contributed by atoms with Crippen LogP contribution in [0.4, 0.5) is 0 Å². The fraction of sp³-hybridized carbons (Fsp3) is 0.474. The van der Waals surface area contributed by atoms with Crippen molar-refractivity contribution in [2.24, 2.45) is 0 Å². The van der Waals surface area contributed by atoms with Gasteiger partial charge in [0, 0.05) is 5.70 Å². The van der Waals surface area contributed by atoms with Gasteiger partial charge in [0.2, 0.25) is 0 Å². The van der Waals surface area contributed by atoms with E-state index in [1.165, 1.54) is 7.11 Å². The van der Waals surface area contributed by atoms with E-state index >= 15 is 0 Å². The number of unbranched alkanes of at least 4 members (excludes halogenated alkanes) is 1. The minimum Gasteiger partial charge on any atom is -0.490 e. The van der Waals surface area contributed by atoms with Gasteiger partial charge < -0.3 is 24.8 Å². The third-order valence-electron chi connectivity index (χ3n) is 4.03. The van der Waals surface area contributed by atoms with Crippen LogP contribution in [0.2, 0.25) is 0 Å². The molecule has 26 heavy (non-hydrogen) atoms. The highest BCUT2D eigenvalue weighted by Crippen LogP contribution is 2.34. The van der Waals surface area contributed by atoms with Crippen molar-refractivity contribution >= 4 is 23.3 Å². The van der Waals surface area contributed by atoms with E-state index in [-0.39, 0.29) is 0 Å². The minimum absolute atomic E-state index is 0.406. The van der Waals surface area contributed by atoms with Crippen LogP contribution in [-0.2, 0) is 9.53 Å². The summed E-state index contributed by atoms with van der Waals surface area (Å²) in [6, 6.07) is 5.24. The topological polar surface area (TPSA) is 68.8 Å². The predicted octanol–water partition coefficient (Wildman–Crippen LogP) is 3.23. The van der Waals surface area contributed by atoms with Gasteiger partial charge in [0.15, 0.2) is 16.6 Å². The second-order valence-electron chi connectivity index (χ2n) is 5.90. The van der Waals surface area contributed by atoms with Crippen molar-refractivity contribution in [3.8, 4) is 11.5 Å². The number of rotatable bonds is 8. The molecule has 0 saturated heterocycles. The summed E-state index contributed by atoms with van der Waals surface area (Å²) in [5, 5.41) is 6.57. The summed E-state index contributed by atoms with van der Waals surface area (Å²) in [5.74, 6) is 0.936. The molecule has 0 aliphatic carbocycles. The van der Waals surface area contributed by atoms with E-state index in [0.29, 0.717) is 41.1 Å². The van der Waals surface area contributed by atoms with Crippen LogP contribution >= 0.6 is 12.2 Å². The SMILES string of the molecule is CCCCOc1ccc([C@@H]2NC(=S)NC(C)=C2C(=O)OC)cc1OCC. The van der Waals surface area contributed by atoms with Gasteiger partial charge in [-0.3, -0.25) is 0 Å². The molecule has 0 bridgehead atoms. The van der Waals surface area contributed by atoms with Crippen molar-refractivity contribution in [3.63, 3.8) is 0 Å². The molecule has 2 N–H and O–H groups in total. The number of hydrogen-bond donors (Lipinski definition) is 2. The summed E-state index contributed by atoms with van der Waals surface area (Å²) >= 11 is 5.25. The maximum absolute atomic E-state index is 12.3. The molecule has 0 unspecified atom stereocenters. The summed E-state index contributed by atoms with van der Waals surface area (Å²) in [6.45, 7) is 7.00. The summed E-state index contributed by atoms with van der Waals surface area (Å²) < 4.78 is 16.5. The Bertz CT molecular complexity index is 703. The maximum atomic E-state index is 12.3. The van der Waals surface area contributed by atoms with E-state index in [9.17, 15) is 4.79 Å². The van der Waals surface area contributed by atoms with Crippen molar-refractivity contribution in [3.05, 3.63) is 35.0 Å². The Kier molecular flexibility index (Phi) is 7.26. The molecule has 0 spiro atoms. The molecule has 1 atom stereocenters. The number of benzene rings is 1. The number of carbonyl (C=O) groups is 1. The smallest absolute Gasteiger partial charge is 0.337 e. The Labute approximate surface area is 159 Å². The summed E-state index contributed by atoms with van der Waals surface area (Å²) in [4.78, 5) is 12.3. The normalized spacial score (nSPS) is 16.6. The first-order valence-corrected chi connectivity index (χ1v) is 9.18. The van der Waals surface area contributed by atoms with Crippen LogP contribution < -0.4 is 20.1 Å². The quantitative estimate of drug-likeness (QED) is 0.409. The first-order chi connectivity index (χ1) is 12.5. The molecule has 1 aromatic carbocycles. The molecule has 6 nitrogen and oxygen atoms in total. The number of carbonyl (C=O) groups excluding carboxylic acids is 1. The molecule has 1 aliphatic rings. The van der Waals surface area contributed by atoms with Gasteiger partial charge in [0.25, 0.3) is 0 Å². The Morgan fingerprint density at radius 1 is 1.23 bits per heavy atom. The highest BCUT2D eigenvalue weighted by Gasteiger charge is 2.31. The third-order valence-corrected chi connectivity index (χ3v) is 4.25. The first kappa shape index (κ1) is 20.0. The molecule has 1 aromatic rings. The van der Waals surface area contributed by atoms with E-state index < -0.39 is 12.0 Å². The number of esters is 1. The molecule has 0 radical (unpaired) electrons. The van der Waals surface area contributed by atoms with Gasteiger partial charge in [-0.1, -0.05) is 19.4 Å². The number of methoxy groups -OCH3 is 1. The van der Waals surface area contributed by atoms with Crippen LogP contribution in [0.1, 0.15) is 45.2 Å². The van der Waals surface area contributed by atoms with Gasteiger partial charge in [-0.05, 0) is 50.2 Å². The highest BCUT2D eigenvalue weighted by atomic mass is 32.1. The highest BCUT2D eigenvalue weighted by molar-refractivity contribution is 7.80. The molecule has 2 rings (SSSR count). The molecule has 0 saturated carbocycles. The monoisotopic (exact) mass is 378 g/mol. The Balaban J connectivity index is 2.38. The Morgan fingerprint density at radius 3 is 2.65 bits per heavy atom. The molecule has 0 amide bonds. The molecule has 7 heteroatoms. The summed E-state index contributed by atoms with van der Waals surface area (Å²) in [6.07, 6.45) is 2.04. The predicted molar refractivity (Wildman–Crippen MR) is 104 cm³/mol. The van der Waals surface area contributed by atoms with Crippen molar-refractivity contribution < 1.29 is 19.0 Å². The van der Waals surface area contributed by atoms with Crippen molar-refractivity contribution in [1.82, 2.24) is 10.6 Å². The van der Waals surface area contributed by atoms with Gasteiger partial charge in [0.1, 0.15) is 0 Å². The number of nitrogens with one attached hydrogen (secondary N) is 2. The van der Waals surface area contributed by atoms with Gasteiger partial charge in [0.05, 0.1) is 31.9 Å². The van der Waals surface area contributed by atoms with Crippen molar-refractivity contribution in [1.29, 1.82) is 0 Å². The number of thiocarbonyl (C=S) groups is 1. The lowest BCUT2D eigenvalue weighted by Gasteiger charge is -2.30. The largest absolute Gasteiger partial charge is 0.490 e. The average molecular weight is 378 g/mol.